The average molecular weight is 239 g/mol. The maximum atomic E-state index is 13.5. The van der Waals surface area contributed by atoms with Crippen LogP contribution in [0.15, 0.2) is 30.9 Å². The highest BCUT2D eigenvalue weighted by molar-refractivity contribution is 5.29. The number of nitrogens with zero attached hydrogens (tertiary/aromatic N) is 1. The summed E-state index contributed by atoms with van der Waals surface area (Å²) in [4.78, 5) is 1.98. The van der Waals surface area contributed by atoms with Crippen molar-refractivity contribution in [2.75, 3.05) is 26.8 Å². The molecule has 0 atom stereocenters. The molecule has 0 aliphatic heterocycles. The molecular formula is C13H18FNO2. The second-order valence-electron chi connectivity index (χ2n) is 3.72. The molecule has 0 aliphatic carbocycles. The summed E-state index contributed by atoms with van der Waals surface area (Å²) in [6.45, 7) is 5.51. The van der Waals surface area contributed by atoms with Gasteiger partial charge in [0.2, 0.25) is 0 Å². The van der Waals surface area contributed by atoms with Gasteiger partial charge < -0.3 is 9.84 Å². The molecule has 1 rings (SSSR count). The first-order chi connectivity index (χ1) is 8.21. The molecular weight excluding hydrogens is 221 g/mol. The summed E-state index contributed by atoms with van der Waals surface area (Å²) >= 11 is 0. The van der Waals surface area contributed by atoms with Gasteiger partial charge in [-0.1, -0.05) is 12.1 Å². The lowest BCUT2D eigenvalue weighted by Gasteiger charge is -2.19. The third kappa shape index (κ3) is 4.17. The molecule has 17 heavy (non-hydrogen) atoms. The number of hydrogen-bond acceptors (Lipinski definition) is 3. The maximum absolute atomic E-state index is 13.5. The lowest BCUT2D eigenvalue weighted by Crippen LogP contribution is -2.26. The third-order valence-electron chi connectivity index (χ3n) is 2.43. The van der Waals surface area contributed by atoms with Crippen LogP contribution in [0.1, 0.15) is 5.56 Å². The highest BCUT2D eigenvalue weighted by Crippen LogP contribution is 2.18. The van der Waals surface area contributed by atoms with Crippen LogP contribution in [0.25, 0.3) is 0 Å². The lowest BCUT2D eigenvalue weighted by molar-refractivity contribution is 0.203. The summed E-state index contributed by atoms with van der Waals surface area (Å²) in [7, 11) is 1.44. The van der Waals surface area contributed by atoms with E-state index in [0.29, 0.717) is 19.6 Å². The monoisotopic (exact) mass is 239 g/mol. The third-order valence-corrected chi connectivity index (χ3v) is 2.43. The predicted octanol–water partition coefficient (Wildman–Crippen LogP) is 1.81. The molecule has 0 amide bonds. The van der Waals surface area contributed by atoms with Crippen LogP contribution >= 0.6 is 0 Å². The van der Waals surface area contributed by atoms with Crippen molar-refractivity contribution in [1.29, 1.82) is 0 Å². The van der Waals surface area contributed by atoms with Crippen LogP contribution < -0.4 is 4.74 Å². The van der Waals surface area contributed by atoms with Gasteiger partial charge in [-0.2, -0.15) is 0 Å². The van der Waals surface area contributed by atoms with Crippen LogP contribution in [0.3, 0.4) is 0 Å². The number of methoxy groups -OCH3 is 1. The molecule has 0 heterocycles. The minimum Gasteiger partial charge on any atom is -0.494 e. The van der Waals surface area contributed by atoms with E-state index in [0.717, 1.165) is 5.56 Å². The zero-order valence-corrected chi connectivity index (χ0v) is 10.0. The van der Waals surface area contributed by atoms with Crippen molar-refractivity contribution in [2.45, 2.75) is 6.54 Å². The number of hydrogen-bond donors (Lipinski definition) is 1. The second-order valence-corrected chi connectivity index (χ2v) is 3.72. The molecule has 0 radical (unpaired) electrons. The standard InChI is InChI=1S/C13H18FNO2/c1-3-6-15(7-8-16)10-11-4-5-13(17-2)12(14)9-11/h3-5,9,16H,1,6-8,10H2,2H3. The zero-order chi connectivity index (χ0) is 12.7. The Balaban J connectivity index is 2.71. The fourth-order valence-corrected chi connectivity index (χ4v) is 1.63. The summed E-state index contributed by atoms with van der Waals surface area (Å²) in [5.41, 5.74) is 0.846. The Morgan fingerprint density at radius 2 is 2.29 bits per heavy atom. The number of benzene rings is 1. The van der Waals surface area contributed by atoms with Crippen molar-refractivity contribution in [3.8, 4) is 5.75 Å². The van der Waals surface area contributed by atoms with E-state index >= 15 is 0 Å². The van der Waals surface area contributed by atoms with E-state index in [1.807, 2.05) is 11.0 Å². The van der Waals surface area contributed by atoms with Gasteiger partial charge in [0.05, 0.1) is 13.7 Å². The molecule has 94 valence electrons. The van der Waals surface area contributed by atoms with Gasteiger partial charge in [-0.15, -0.1) is 6.58 Å². The average Bonchev–Trinajstić information content (AvgIpc) is 2.30. The van der Waals surface area contributed by atoms with E-state index in [1.165, 1.54) is 13.2 Å². The van der Waals surface area contributed by atoms with E-state index < -0.39 is 0 Å². The Morgan fingerprint density at radius 1 is 1.53 bits per heavy atom. The van der Waals surface area contributed by atoms with Gasteiger partial charge in [0.25, 0.3) is 0 Å². The van der Waals surface area contributed by atoms with Crippen LogP contribution in [-0.2, 0) is 6.54 Å². The summed E-state index contributed by atoms with van der Waals surface area (Å²) in [6.07, 6.45) is 1.76. The Morgan fingerprint density at radius 3 is 2.82 bits per heavy atom. The minimum atomic E-state index is -0.368. The summed E-state index contributed by atoms with van der Waals surface area (Å²) < 4.78 is 18.3. The fraction of sp³-hybridized carbons (Fsp3) is 0.385. The Kier molecular flexibility index (Phi) is 5.66. The largest absolute Gasteiger partial charge is 0.494 e. The molecule has 1 aromatic carbocycles. The van der Waals surface area contributed by atoms with E-state index in [4.69, 9.17) is 9.84 Å². The molecule has 0 saturated carbocycles. The highest BCUT2D eigenvalue weighted by Gasteiger charge is 2.07. The lowest BCUT2D eigenvalue weighted by atomic mass is 10.2. The first kappa shape index (κ1) is 13.7. The minimum absolute atomic E-state index is 0.0759. The Labute approximate surface area is 101 Å². The first-order valence-electron chi connectivity index (χ1n) is 5.47. The summed E-state index contributed by atoms with van der Waals surface area (Å²) in [6, 6.07) is 4.87. The highest BCUT2D eigenvalue weighted by atomic mass is 19.1. The topological polar surface area (TPSA) is 32.7 Å². The van der Waals surface area contributed by atoms with Gasteiger partial charge in [-0.05, 0) is 17.7 Å². The van der Waals surface area contributed by atoms with Crippen molar-refractivity contribution in [3.05, 3.63) is 42.2 Å². The molecule has 0 fully saturated rings. The molecule has 0 bridgehead atoms. The van der Waals surface area contributed by atoms with Gasteiger partial charge in [-0.3, -0.25) is 4.90 Å². The molecule has 0 saturated heterocycles. The van der Waals surface area contributed by atoms with Crippen molar-refractivity contribution < 1.29 is 14.2 Å². The molecule has 0 spiro atoms. The fourth-order valence-electron chi connectivity index (χ4n) is 1.63. The number of aliphatic hydroxyl groups is 1. The second kappa shape index (κ2) is 7.04. The molecule has 0 aliphatic rings. The van der Waals surface area contributed by atoms with Crippen molar-refractivity contribution >= 4 is 0 Å². The summed E-state index contributed by atoms with van der Waals surface area (Å²) in [5, 5.41) is 8.91. The SMILES string of the molecule is C=CCN(CCO)Cc1ccc(OC)c(F)c1. The first-order valence-corrected chi connectivity index (χ1v) is 5.47. The zero-order valence-electron chi connectivity index (χ0n) is 10.0. The number of halogens is 1. The predicted molar refractivity (Wildman–Crippen MR) is 65.5 cm³/mol. The van der Waals surface area contributed by atoms with E-state index in [2.05, 4.69) is 6.58 Å². The van der Waals surface area contributed by atoms with Gasteiger partial charge in [0.15, 0.2) is 11.6 Å². The maximum Gasteiger partial charge on any atom is 0.165 e. The van der Waals surface area contributed by atoms with Crippen molar-refractivity contribution in [2.24, 2.45) is 0 Å². The normalized spacial score (nSPS) is 10.6. The Bertz CT molecular complexity index is 368. The van der Waals surface area contributed by atoms with Crippen LogP contribution in [0.4, 0.5) is 4.39 Å². The van der Waals surface area contributed by atoms with Crippen molar-refractivity contribution in [1.82, 2.24) is 4.90 Å². The van der Waals surface area contributed by atoms with Gasteiger partial charge >= 0.3 is 0 Å². The molecule has 1 N–H and O–H groups in total. The number of aliphatic hydroxyl groups excluding tert-OH is 1. The van der Waals surface area contributed by atoms with Crippen molar-refractivity contribution in [3.63, 3.8) is 0 Å². The summed E-state index contributed by atoms with van der Waals surface area (Å²) in [5.74, 6) is -0.126. The van der Waals surface area contributed by atoms with Gasteiger partial charge in [0.1, 0.15) is 0 Å². The number of ether oxygens (including phenoxy) is 1. The van der Waals surface area contributed by atoms with E-state index in [9.17, 15) is 4.39 Å². The van der Waals surface area contributed by atoms with Gasteiger partial charge in [-0.25, -0.2) is 4.39 Å². The van der Waals surface area contributed by atoms with Crippen LogP contribution in [-0.4, -0.2) is 36.8 Å². The molecule has 0 unspecified atom stereocenters. The van der Waals surface area contributed by atoms with E-state index in [-0.39, 0.29) is 18.2 Å². The number of rotatable bonds is 7. The van der Waals surface area contributed by atoms with Crippen LogP contribution in [0, 0.1) is 5.82 Å². The Hall–Kier alpha value is -1.39. The van der Waals surface area contributed by atoms with Gasteiger partial charge in [0, 0.05) is 19.6 Å². The van der Waals surface area contributed by atoms with Crippen LogP contribution in [0.5, 0.6) is 5.75 Å². The smallest absolute Gasteiger partial charge is 0.165 e. The van der Waals surface area contributed by atoms with Crippen LogP contribution in [0.2, 0.25) is 0 Å². The molecule has 1 aromatic rings. The quantitative estimate of drug-likeness (QED) is 0.737. The molecule has 4 heteroatoms. The molecule has 0 aromatic heterocycles. The van der Waals surface area contributed by atoms with E-state index in [1.54, 1.807) is 12.1 Å². The molecule has 3 nitrogen and oxygen atoms in total.